The number of hydrogen-bond donors (Lipinski definition) is 0. The van der Waals surface area contributed by atoms with Crippen molar-refractivity contribution in [1.29, 1.82) is 0 Å². The first-order valence-electron chi connectivity index (χ1n) is 9.49. The molecule has 0 radical (unpaired) electrons. The lowest BCUT2D eigenvalue weighted by atomic mass is 9.74. The first-order chi connectivity index (χ1) is 13.6. The summed E-state index contributed by atoms with van der Waals surface area (Å²) in [5.41, 5.74) is 7.96. The van der Waals surface area contributed by atoms with Crippen molar-refractivity contribution >= 4 is 49.1 Å². The molecule has 1 aliphatic rings. The number of nitrogens with zero attached hydrogens (tertiary/aromatic N) is 1. The Hall–Kier alpha value is -2.36. The lowest BCUT2D eigenvalue weighted by molar-refractivity contribution is 0.630. The van der Waals surface area contributed by atoms with Crippen LogP contribution in [-0.2, 0) is 5.41 Å². The van der Waals surface area contributed by atoms with Gasteiger partial charge in [0.25, 0.3) is 0 Å². The smallest absolute Gasteiger partial charge is 0.0705 e. The van der Waals surface area contributed by atoms with Gasteiger partial charge in [-0.05, 0) is 63.0 Å². The van der Waals surface area contributed by atoms with Crippen molar-refractivity contribution in [2.24, 2.45) is 0 Å². The van der Waals surface area contributed by atoms with Gasteiger partial charge in [0, 0.05) is 21.1 Å². The van der Waals surface area contributed by atoms with Crippen molar-refractivity contribution in [1.82, 2.24) is 4.57 Å². The topological polar surface area (TPSA) is 4.93 Å². The van der Waals surface area contributed by atoms with Crippen LogP contribution in [-0.4, -0.2) is 4.57 Å². The summed E-state index contributed by atoms with van der Waals surface area (Å²) in [6.45, 7) is 4.71. The van der Waals surface area contributed by atoms with Gasteiger partial charge in [0.05, 0.1) is 20.5 Å². The summed E-state index contributed by atoms with van der Waals surface area (Å²) in [6.07, 6.45) is 0. The molecule has 0 unspecified atom stereocenters. The van der Waals surface area contributed by atoms with E-state index in [1.165, 1.54) is 52.8 Å². The van der Waals surface area contributed by atoms with Gasteiger partial charge in [-0.1, -0.05) is 56.3 Å². The molecule has 3 aromatic carbocycles. The number of rotatable bonds is 1. The number of fused-ring (bicyclic) bond motifs is 5. The third-order valence-corrected chi connectivity index (χ3v) is 7.81. The molecule has 0 N–H and O–H groups in total. The van der Waals surface area contributed by atoms with Gasteiger partial charge in [0.1, 0.15) is 0 Å². The molecule has 1 nitrogen and oxygen atoms in total. The van der Waals surface area contributed by atoms with Crippen LogP contribution in [0.25, 0.3) is 37.9 Å². The number of halogens is 1. The third-order valence-electron chi connectivity index (χ3n) is 6.14. The fourth-order valence-electron chi connectivity index (χ4n) is 4.77. The van der Waals surface area contributed by atoms with Crippen LogP contribution in [0.15, 0.2) is 76.6 Å². The van der Waals surface area contributed by atoms with Crippen LogP contribution in [0.1, 0.15) is 25.0 Å². The average molecular weight is 444 g/mol. The quantitative estimate of drug-likeness (QED) is 0.248. The molecule has 0 fully saturated rings. The fourth-order valence-corrected chi connectivity index (χ4v) is 6.15. The molecule has 3 heteroatoms. The van der Waals surface area contributed by atoms with Crippen LogP contribution >= 0.6 is 27.3 Å². The number of thiophene rings is 1. The van der Waals surface area contributed by atoms with Crippen LogP contribution in [0.2, 0.25) is 0 Å². The molecule has 28 heavy (non-hydrogen) atoms. The molecule has 0 atom stereocenters. The summed E-state index contributed by atoms with van der Waals surface area (Å²) in [5, 5.41) is 2.67. The minimum absolute atomic E-state index is 0.0519. The second kappa shape index (κ2) is 5.59. The molecule has 3 heterocycles. The summed E-state index contributed by atoms with van der Waals surface area (Å²) in [7, 11) is 0. The molecule has 0 spiro atoms. The Balaban J connectivity index is 1.75. The van der Waals surface area contributed by atoms with E-state index in [1.54, 1.807) is 11.3 Å². The van der Waals surface area contributed by atoms with E-state index < -0.39 is 0 Å². The maximum atomic E-state index is 3.60. The Kier molecular flexibility index (Phi) is 3.31. The SMILES string of the molecule is CC1(C)c2cc(-c3ccc(Br)s3)ccc2-n2c3ccccc3c3cccc1c32. The van der Waals surface area contributed by atoms with Gasteiger partial charge in [0.15, 0.2) is 0 Å². The Bertz CT molecular complexity index is 1400. The van der Waals surface area contributed by atoms with Crippen LogP contribution in [0.5, 0.6) is 0 Å². The van der Waals surface area contributed by atoms with E-state index in [0.717, 1.165) is 0 Å². The Labute approximate surface area is 176 Å². The van der Waals surface area contributed by atoms with Crippen LogP contribution in [0, 0.1) is 0 Å². The lowest BCUT2D eigenvalue weighted by Gasteiger charge is -2.35. The van der Waals surface area contributed by atoms with E-state index in [2.05, 4.69) is 107 Å². The van der Waals surface area contributed by atoms with E-state index in [1.807, 2.05) is 0 Å². The van der Waals surface area contributed by atoms with E-state index in [0.29, 0.717) is 0 Å². The molecule has 0 amide bonds. The summed E-state index contributed by atoms with van der Waals surface area (Å²) < 4.78 is 3.64. The molecular weight excluding hydrogens is 426 g/mol. The number of para-hydroxylation sites is 2. The minimum atomic E-state index is -0.0519. The molecule has 0 saturated heterocycles. The van der Waals surface area contributed by atoms with Crippen molar-refractivity contribution in [3.8, 4) is 16.1 Å². The molecule has 0 saturated carbocycles. The van der Waals surface area contributed by atoms with E-state index in [4.69, 9.17) is 0 Å². The predicted molar refractivity (Wildman–Crippen MR) is 124 cm³/mol. The molecule has 0 aliphatic carbocycles. The first-order valence-corrected chi connectivity index (χ1v) is 11.1. The molecular formula is C25H18BrNS. The largest absolute Gasteiger partial charge is 0.309 e. The molecule has 2 aromatic heterocycles. The van der Waals surface area contributed by atoms with Crippen molar-refractivity contribution in [2.75, 3.05) is 0 Å². The molecule has 5 aromatic rings. The Morgan fingerprint density at radius 1 is 0.821 bits per heavy atom. The van der Waals surface area contributed by atoms with E-state index in [-0.39, 0.29) is 5.41 Å². The van der Waals surface area contributed by atoms with Gasteiger partial charge in [-0.2, -0.15) is 0 Å². The highest BCUT2D eigenvalue weighted by Crippen LogP contribution is 2.48. The van der Waals surface area contributed by atoms with Crippen molar-refractivity contribution < 1.29 is 0 Å². The number of hydrogen-bond acceptors (Lipinski definition) is 1. The Morgan fingerprint density at radius 2 is 1.64 bits per heavy atom. The first kappa shape index (κ1) is 16.6. The zero-order valence-corrected chi connectivity index (χ0v) is 18.1. The zero-order valence-electron chi connectivity index (χ0n) is 15.7. The fraction of sp³-hybridized carbons (Fsp3) is 0.120. The van der Waals surface area contributed by atoms with Crippen molar-refractivity contribution in [3.63, 3.8) is 0 Å². The summed E-state index contributed by atoms with van der Waals surface area (Å²) in [6, 6.07) is 26.8. The van der Waals surface area contributed by atoms with Crippen LogP contribution in [0.3, 0.4) is 0 Å². The van der Waals surface area contributed by atoms with Gasteiger partial charge in [-0.3, -0.25) is 0 Å². The number of aromatic nitrogens is 1. The molecule has 1 aliphatic heterocycles. The van der Waals surface area contributed by atoms with E-state index in [9.17, 15) is 0 Å². The minimum Gasteiger partial charge on any atom is -0.309 e. The maximum Gasteiger partial charge on any atom is 0.0705 e. The van der Waals surface area contributed by atoms with Crippen LogP contribution in [0.4, 0.5) is 0 Å². The van der Waals surface area contributed by atoms with Gasteiger partial charge >= 0.3 is 0 Å². The second-order valence-corrected chi connectivity index (χ2v) is 10.5. The van der Waals surface area contributed by atoms with Gasteiger partial charge in [-0.15, -0.1) is 11.3 Å². The van der Waals surface area contributed by atoms with Crippen molar-refractivity contribution in [2.45, 2.75) is 19.3 Å². The molecule has 136 valence electrons. The van der Waals surface area contributed by atoms with Crippen molar-refractivity contribution in [3.05, 3.63) is 87.7 Å². The highest BCUT2D eigenvalue weighted by Gasteiger charge is 2.35. The third kappa shape index (κ3) is 2.06. The molecule has 6 rings (SSSR count). The summed E-state index contributed by atoms with van der Waals surface area (Å²) in [4.78, 5) is 1.30. The zero-order chi connectivity index (χ0) is 19.0. The molecule has 0 bridgehead atoms. The summed E-state index contributed by atoms with van der Waals surface area (Å²) in [5.74, 6) is 0. The van der Waals surface area contributed by atoms with Gasteiger partial charge < -0.3 is 4.57 Å². The number of benzene rings is 3. The maximum absolute atomic E-state index is 3.60. The lowest BCUT2D eigenvalue weighted by Crippen LogP contribution is -2.26. The van der Waals surface area contributed by atoms with Crippen LogP contribution < -0.4 is 0 Å². The summed E-state index contributed by atoms with van der Waals surface area (Å²) >= 11 is 5.39. The second-order valence-electron chi connectivity index (χ2n) is 8.01. The standard InChI is InChI=1S/C25H18BrNS/c1-25(2)18-8-5-7-17-16-6-3-4-9-20(16)27(24(17)18)21-11-10-15(14-19(21)25)22-12-13-23(26)28-22/h3-14H,1-2H3. The van der Waals surface area contributed by atoms with E-state index >= 15 is 0 Å². The highest BCUT2D eigenvalue weighted by atomic mass is 79.9. The van der Waals surface area contributed by atoms with Gasteiger partial charge in [-0.25, -0.2) is 0 Å². The highest BCUT2D eigenvalue weighted by molar-refractivity contribution is 9.11. The average Bonchev–Trinajstić information content (AvgIpc) is 3.28. The normalized spacial score (nSPS) is 14.5. The predicted octanol–water partition coefficient (Wildman–Crippen LogP) is 7.91. The Morgan fingerprint density at radius 3 is 2.46 bits per heavy atom. The monoisotopic (exact) mass is 443 g/mol. The van der Waals surface area contributed by atoms with Gasteiger partial charge in [0.2, 0.25) is 0 Å².